The Morgan fingerprint density at radius 1 is 1.33 bits per heavy atom. The minimum atomic E-state index is -0.290. The van der Waals surface area contributed by atoms with Crippen molar-refractivity contribution in [3.63, 3.8) is 0 Å². The summed E-state index contributed by atoms with van der Waals surface area (Å²) in [5.41, 5.74) is -0.290. The molecule has 106 valence electrons. The number of piperidine rings is 1. The fourth-order valence-corrected chi connectivity index (χ4v) is 2.46. The van der Waals surface area contributed by atoms with Crippen LogP contribution in [-0.4, -0.2) is 36.0 Å². The van der Waals surface area contributed by atoms with Crippen LogP contribution in [0, 0.1) is 11.3 Å². The molecule has 18 heavy (non-hydrogen) atoms. The van der Waals surface area contributed by atoms with E-state index < -0.39 is 0 Å². The number of carbonyl (C=O) groups is 1. The van der Waals surface area contributed by atoms with Gasteiger partial charge in [0.25, 0.3) is 0 Å². The first kappa shape index (κ1) is 15.5. The van der Waals surface area contributed by atoms with Crippen LogP contribution in [-0.2, 0) is 4.79 Å². The quantitative estimate of drug-likeness (QED) is 0.840. The zero-order valence-electron chi connectivity index (χ0n) is 12.9. The zero-order chi connectivity index (χ0) is 13.9. The molecule has 3 heteroatoms. The van der Waals surface area contributed by atoms with Gasteiger partial charge in [-0.25, -0.2) is 0 Å². The number of likely N-dealkylation sites (tertiary alicyclic amines) is 1. The predicted molar refractivity (Wildman–Crippen MR) is 76.5 cm³/mol. The molecule has 0 aromatic heterocycles. The van der Waals surface area contributed by atoms with Gasteiger partial charge in [0.2, 0.25) is 5.91 Å². The number of amides is 1. The van der Waals surface area contributed by atoms with Gasteiger partial charge in [0, 0.05) is 30.6 Å². The molecule has 0 aromatic rings. The van der Waals surface area contributed by atoms with Gasteiger partial charge in [-0.3, -0.25) is 9.69 Å². The van der Waals surface area contributed by atoms with Gasteiger partial charge in [-0.1, -0.05) is 34.1 Å². The lowest BCUT2D eigenvalue weighted by atomic mass is 9.89. The van der Waals surface area contributed by atoms with Crippen LogP contribution in [0.15, 0.2) is 0 Å². The van der Waals surface area contributed by atoms with Gasteiger partial charge in [0.1, 0.15) is 0 Å². The first-order valence-electron chi connectivity index (χ1n) is 7.29. The second-order valence-corrected chi connectivity index (χ2v) is 6.98. The Bertz CT molecular complexity index is 281. The maximum absolute atomic E-state index is 12.1. The van der Waals surface area contributed by atoms with Crippen molar-refractivity contribution in [1.82, 2.24) is 10.2 Å². The Morgan fingerprint density at radius 2 is 1.94 bits per heavy atom. The molecule has 1 N–H and O–H groups in total. The first-order chi connectivity index (χ1) is 8.24. The molecule has 3 nitrogen and oxygen atoms in total. The highest BCUT2D eigenvalue weighted by atomic mass is 16.2. The zero-order valence-corrected chi connectivity index (χ0v) is 12.9. The van der Waals surface area contributed by atoms with E-state index in [1.54, 1.807) is 0 Å². The molecule has 0 saturated carbocycles. The molecular formula is C15H30N2O. The molecule has 0 spiro atoms. The smallest absolute Gasteiger partial charge is 0.225 e. The molecule has 0 aromatic carbocycles. The summed E-state index contributed by atoms with van der Waals surface area (Å²) in [6.07, 6.45) is 2.33. The molecule has 1 heterocycles. The van der Waals surface area contributed by atoms with E-state index in [-0.39, 0.29) is 11.3 Å². The molecule has 1 rings (SSSR count). The number of nitrogens with zero attached hydrogens (tertiary/aromatic N) is 1. The Balaban J connectivity index is 2.62. The largest absolute Gasteiger partial charge is 0.352 e. The van der Waals surface area contributed by atoms with Gasteiger partial charge < -0.3 is 5.32 Å². The van der Waals surface area contributed by atoms with Gasteiger partial charge in [0.15, 0.2) is 0 Å². The average Bonchev–Trinajstić information content (AvgIpc) is 2.27. The molecule has 0 bridgehead atoms. The van der Waals surface area contributed by atoms with Crippen LogP contribution in [0.5, 0.6) is 0 Å². The predicted octanol–water partition coefficient (Wildman–Crippen LogP) is 2.66. The maximum atomic E-state index is 12.1. The van der Waals surface area contributed by atoms with Crippen molar-refractivity contribution >= 4 is 5.91 Å². The maximum Gasteiger partial charge on any atom is 0.225 e. The molecule has 1 aliphatic rings. The lowest BCUT2D eigenvalue weighted by Gasteiger charge is -2.40. The topological polar surface area (TPSA) is 32.3 Å². The molecule has 1 aliphatic heterocycles. The fourth-order valence-electron chi connectivity index (χ4n) is 2.46. The number of carbonyl (C=O) groups excluding carboxylic acids is 1. The lowest BCUT2D eigenvalue weighted by molar-refractivity contribution is -0.129. The van der Waals surface area contributed by atoms with Gasteiger partial charge in [-0.2, -0.15) is 0 Å². The van der Waals surface area contributed by atoms with Crippen LogP contribution in [0.25, 0.3) is 0 Å². The van der Waals surface area contributed by atoms with Crippen LogP contribution in [0.4, 0.5) is 0 Å². The van der Waals surface area contributed by atoms with Crippen molar-refractivity contribution < 1.29 is 4.79 Å². The standard InChI is InChI=1S/C15H30N2O/c1-7-12-8-13(10-17(9-12)11(2)3)16-14(18)15(4,5)6/h11-13H,7-10H2,1-6H3,(H,16,18). The Morgan fingerprint density at radius 3 is 2.39 bits per heavy atom. The molecule has 2 unspecified atom stereocenters. The van der Waals surface area contributed by atoms with Crippen molar-refractivity contribution in [3.05, 3.63) is 0 Å². The summed E-state index contributed by atoms with van der Waals surface area (Å²) in [6.45, 7) is 14.8. The van der Waals surface area contributed by atoms with Crippen molar-refractivity contribution in [1.29, 1.82) is 0 Å². The van der Waals surface area contributed by atoms with Crippen LogP contribution >= 0.6 is 0 Å². The van der Waals surface area contributed by atoms with Gasteiger partial charge in [-0.05, 0) is 26.2 Å². The van der Waals surface area contributed by atoms with Gasteiger partial charge in [-0.15, -0.1) is 0 Å². The molecule has 2 atom stereocenters. The van der Waals surface area contributed by atoms with E-state index in [0.717, 1.165) is 13.0 Å². The second kappa shape index (κ2) is 6.05. The number of hydrogen-bond acceptors (Lipinski definition) is 2. The van der Waals surface area contributed by atoms with E-state index in [1.807, 2.05) is 20.8 Å². The summed E-state index contributed by atoms with van der Waals surface area (Å²) in [7, 11) is 0. The van der Waals surface area contributed by atoms with E-state index >= 15 is 0 Å². The lowest BCUT2D eigenvalue weighted by Crippen LogP contribution is -2.54. The molecule has 1 saturated heterocycles. The summed E-state index contributed by atoms with van der Waals surface area (Å²) in [6, 6.07) is 0.881. The van der Waals surface area contributed by atoms with Crippen molar-refractivity contribution in [2.24, 2.45) is 11.3 Å². The highest BCUT2D eigenvalue weighted by Crippen LogP contribution is 2.22. The molecular weight excluding hydrogens is 224 g/mol. The summed E-state index contributed by atoms with van der Waals surface area (Å²) in [5.74, 6) is 0.888. The number of nitrogens with one attached hydrogen (secondary N) is 1. The summed E-state index contributed by atoms with van der Waals surface area (Å²) in [5, 5.41) is 3.23. The molecule has 0 radical (unpaired) electrons. The third-order valence-electron chi connectivity index (χ3n) is 3.89. The SMILES string of the molecule is CCC1CC(NC(=O)C(C)(C)C)CN(C(C)C)C1. The van der Waals surface area contributed by atoms with Crippen LogP contribution in [0.3, 0.4) is 0 Å². The highest BCUT2D eigenvalue weighted by molar-refractivity contribution is 5.81. The van der Waals surface area contributed by atoms with E-state index in [4.69, 9.17) is 0 Å². The van der Waals surface area contributed by atoms with E-state index in [2.05, 4.69) is 31.0 Å². The second-order valence-electron chi connectivity index (χ2n) is 6.98. The van der Waals surface area contributed by atoms with Crippen LogP contribution < -0.4 is 5.32 Å². The normalized spacial score (nSPS) is 26.4. The van der Waals surface area contributed by atoms with Crippen molar-refractivity contribution in [3.8, 4) is 0 Å². The number of hydrogen-bond donors (Lipinski definition) is 1. The van der Waals surface area contributed by atoms with E-state index in [0.29, 0.717) is 18.0 Å². The third-order valence-corrected chi connectivity index (χ3v) is 3.89. The Kier molecular flexibility index (Phi) is 5.20. The van der Waals surface area contributed by atoms with Crippen molar-refractivity contribution in [2.75, 3.05) is 13.1 Å². The van der Waals surface area contributed by atoms with Crippen LogP contribution in [0.1, 0.15) is 54.4 Å². The van der Waals surface area contributed by atoms with Crippen LogP contribution in [0.2, 0.25) is 0 Å². The monoisotopic (exact) mass is 254 g/mol. The molecule has 1 fully saturated rings. The summed E-state index contributed by atoms with van der Waals surface area (Å²) < 4.78 is 0. The number of rotatable bonds is 3. The highest BCUT2D eigenvalue weighted by Gasteiger charge is 2.31. The summed E-state index contributed by atoms with van der Waals surface area (Å²) in [4.78, 5) is 14.6. The van der Waals surface area contributed by atoms with Gasteiger partial charge in [0.05, 0.1) is 0 Å². The summed E-state index contributed by atoms with van der Waals surface area (Å²) >= 11 is 0. The Labute approximate surface area is 112 Å². The Hall–Kier alpha value is -0.570. The third kappa shape index (κ3) is 4.27. The minimum absolute atomic E-state index is 0.174. The van der Waals surface area contributed by atoms with E-state index in [9.17, 15) is 4.79 Å². The van der Waals surface area contributed by atoms with Gasteiger partial charge >= 0.3 is 0 Å². The average molecular weight is 254 g/mol. The van der Waals surface area contributed by atoms with E-state index in [1.165, 1.54) is 13.0 Å². The van der Waals surface area contributed by atoms with Crippen molar-refractivity contribution in [2.45, 2.75) is 66.5 Å². The molecule has 1 amide bonds. The minimum Gasteiger partial charge on any atom is -0.352 e. The molecule has 0 aliphatic carbocycles. The first-order valence-corrected chi connectivity index (χ1v) is 7.29. The fraction of sp³-hybridized carbons (Fsp3) is 0.933.